The van der Waals surface area contributed by atoms with Gasteiger partial charge in [-0.3, -0.25) is 0 Å². The molecule has 0 radical (unpaired) electrons. The van der Waals surface area contributed by atoms with Crippen molar-refractivity contribution in [3.05, 3.63) is 0 Å². The van der Waals surface area contributed by atoms with E-state index in [1.54, 1.807) is 0 Å². The van der Waals surface area contributed by atoms with Crippen molar-refractivity contribution in [1.82, 2.24) is 0 Å². The molecule has 0 amide bonds. The second-order valence-electron chi connectivity index (χ2n) is 4.44. The molecule has 0 aromatic heterocycles. The highest BCUT2D eigenvalue weighted by molar-refractivity contribution is 4.86. The normalized spacial score (nSPS) is 43.5. The summed E-state index contributed by atoms with van der Waals surface area (Å²) in [6.45, 7) is 6.22. The first-order valence-electron chi connectivity index (χ1n) is 4.90. The molecular weight excluding hydrogens is 152 g/mol. The predicted octanol–water partition coefficient (Wildman–Crippen LogP) is 1.41. The van der Waals surface area contributed by atoms with Gasteiger partial charge in [-0.15, -0.1) is 0 Å². The number of aliphatic hydroxyl groups is 2. The molecule has 0 spiro atoms. The van der Waals surface area contributed by atoms with E-state index in [9.17, 15) is 10.2 Å². The van der Waals surface area contributed by atoms with Gasteiger partial charge < -0.3 is 10.2 Å². The van der Waals surface area contributed by atoms with Gasteiger partial charge in [0.2, 0.25) is 0 Å². The van der Waals surface area contributed by atoms with Gasteiger partial charge in [-0.25, -0.2) is 0 Å². The van der Waals surface area contributed by atoms with Gasteiger partial charge in [-0.05, 0) is 30.6 Å². The smallest absolute Gasteiger partial charge is 0.0832 e. The van der Waals surface area contributed by atoms with Gasteiger partial charge >= 0.3 is 0 Å². The molecule has 12 heavy (non-hydrogen) atoms. The number of hydrogen-bond donors (Lipinski definition) is 2. The minimum absolute atomic E-state index is 0.259. The van der Waals surface area contributed by atoms with E-state index in [2.05, 4.69) is 13.8 Å². The Labute approximate surface area is 74.6 Å². The molecule has 2 N–H and O–H groups in total. The third kappa shape index (κ3) is 1.80. The highest BCUT2D eigenvalue weighted by Crippen LogP contribution is 2.33. The number of rotatable bonds is 1. The number of aliphatic hydroxyl groups excluding tert-OH is 2. The maximum absolute atomic E-state index is 9.73. The van der Waals surface area contributed by atoms with E-state index in [0.29, 0.717) is 5.92 Å². The van der Waals surface area contributed by atoms with E-state index in [1.165, 1.54) is 0 Å². The Morgan fingerprint density at radius 1 is 1.08 bits per heavy atom. The monoisotopic (exact) mass is 172 g/mol. The largest absolute Gasteiger partial charge is 0.390 e. The van der Waals surface area contributed by atoms with Crippen LogP contribution < -0.4 is 0 Å². The zero-order valence-electron chi connectivity index (χ0n) is 8.20. The third-order valence-electron chi connectivity index (χ3n) is 3.18. The highest BCUT2D eigenvalue weighted by Gasteiger charge is 2.36. The Morgan fingerprint density at radius 2 is 1.67 bits per heavy atom. The SMILES string of the molecule is CC(C)[C@@H]1CC[C@@H](C)C(O)C1O. The van der Waals surface area contributed by atoms with Gasteiger partial charge in [-0.2, -0.15) is 0 Å². The van der Waals surface area contributed by atoms with Crippen LogP contribution >= 0.6 is 0 Å². The summed E-state index contributed by atoms with van der Waals surface area (Å²) in [5.41, 5.74) is 0. The van der Waals surface area contributed by atoms with Crippen molar-refractivity contribution in [3.63, 3.8) is 0 Å². The maximum atomic E-state index is 9.73. The molecule has 0 heterocycles. The Bertz CT molecular complexity index is 145. The molecule has 1 rings (SSSR count). The van der Waals surface area contributed by atoms with Gasteiger partial charge in [0, 0.05) is 0 Å². The van der Waals surface area contributed by atoms with E-state index >= 15 is 0 Å². The summed E-state index contributed by atoms with van der Waals surface area (Å²) in [5.74, 6) is 1.02. The lowest BCUT2D eigenvalue weighted by Gasteiger charge is -2.38. The summed E-state index contributed by atoms with van der Waals surface area (Å²) in [4.78, 5) is 0. The Hall–Kier alpha value is -0.0800. The lowest BCUT2D eigenvalue weighted by atomic mass is 9.74. The Morgan fingerprint density at radius 3 is 2.17 bits per heavy atom. The average molecular weight is 172 g/mol. The first-order chi connectivity index (χ1) is 5.54. The summed E-state index contributed by atoms with van der Waals surface area (Å²) in [6.07, 6.45) is 1.08. The van der Waals surface area contributed by atoms with Crippen LogP contribution in [0.15, 0.2) is 0 Å². The standard InChI is InChI=1S/C10H20O2/c1-6(2)8-5-4-7(3)9(11)10(8)12/h6-12H,4-5H2,1-3H3/t7-,8+,9?,10?/m1/s1. The maximum Gasteiger partial charge on any atom is 0.0832 e. The van der Waals surface area contributed by atoms with Gasteiger partial charge in [-0.1, -0.05) is 20.8 Å². The van der Waals surface area contributed by atoms with Crippen molar-refractivity contribution < 1.29 is 10.2 Å². The molecule has 1 saturated carbocycles. The minimum Gasteiger partial charge on any atom is -0.390 e. The summed E-state index contributed by atoms with van der Waals surface area (Å²) in [5, 5.41) is 19.3. The fraction of sp³-hybridized carbons (Fsp3) is 1.00. The van der Waals surface area contributed by atoms with Gasteiger partial charge in [0.05, 0.1) is 12.2 Å². The van der Waals surface area contributed by atoms with Gasteiger partial charge in [0.25, 0.3) is 0 Å². The molecule has 0 aromatic rings. The van der Waals surface area contributed by atoms with E-state index in [-0.39, 0.29) is 11.8 Å². The second kappa shape index (κ2) is 3.75. The quantitative estimate of drug-likeness (QED) is 0.628. The first kappa shape index (κ1) is 10.0. The van der Waals surface area contributed by atoms with Crippen molar-refractivity contribution in [2.24, 2.45) is 17.8 Å². The van der Waals surface area contributed by atoms with E-state index in [0.717, 1.165) is 12.8 Å². The van der Waals surface area contributed by atoms with Crippen molar-refractivity contribution in [2.75, 3.05) is 0 Å². The molecule has 4 atom stereocenters. The molecule has 0 bridgehead atoms. The van der Waals surface area contributed by atoms with E-state index in [4.69, 9.17) is 0 Å². The Balaban J connectivity index is 2.58. The summed E-state index contributed by atoms with van der Waals surface area (Å²) in [7, 11) is 0. The molecular formula is C10H20O2. The summed E-state index contributed by atoms with van der Waals surface area (Å²) >= 11 is 0. The van der Waals surface area contributed by atoms with Crippen LogP contribution in [0.3, 0.4) is 0 Å². The van der Waals surface area contributed by atoms with E-state index in [1.807, 2.05) is 6.92 Å². The molecule has 1 fully saturated rings. The molecule has 1 aliphatic carbocycles. The molecule has 0 saturated heterocycles. The third-order valence-corrected chi connectivity index (χ3v) is 3.18. The van der Waals surface area contributed by atoms with Crippen LogP contribution in [0.2, 0.25) is 0 Å². The van der Waals surface area contributed by atoms with Crippen LogP contribution in [-0.4, -0.2) is 22.4 Å². The lowest BCUT2D eigenvalue weighted by Crippen LogP contribution is -2.44. The highest BCUT2D eigenvalue weighted by atomic mass is 16.3. The van der Waals surface area contributed by atoms with Crippen LogP contribution in [0.25, 0.3) is 0 Å². The topological polar surface area (TPSA) is 40.5 Å². The lowest BCUT2D eigenvalue weighted by molar-refractivity contribution is -0.0832. The van der Waals surface area contributed by atoms with Crippen LogP contribution in [0.5, 0.6) is 0 Å². The number of hydrogen-bond acceptors (Lipinski definition) is 2. The van der Waals surface area contributed by atoms with Crippen molar-refractivity contribution in [3.8, 4) is 0 Å². The fourth-order valence-corrected chi connectivity index (χ4v) is 2.11. The van der Waals surface area contributed by atoms with Crippen molar-refractivity contribution in [2.45, 2.75) is 45.8 Å². The molecule has 0 aromatic carbocycles. The van der Waals surface area contributed by atoms with Gasteiger partial charge in [0.15, 0.2) is 0 Å². The zero-order chi connectivity index (χ0) is 9.30. The molecule has 0 aliphatic heterocycles. The van der Waals surface area contributed by atoms with Crippen molar-refractivity contribution >= 4 is 0 Å². The van der Waals surface area contributed by atoms with Crippen LogP contribution in [0, 0.1) is 17.8 Å². The molecule has 2 nitrogen and oxygen atoms in total. The predicted molar refractivity (Wildman–Crippen MR) is 48.7 cm³/mol. The fourth-order valence-electron chi connectivity index (χ4n) is 2.11. The van der Waals surface area contributed by atoms with Crippen molar-refractivity contribution in [1.29, 1.82) is 0 Å². The molecule has 2 unspecified atom stereocenters. The van der Waals surface area contributed by atoms with Crippen LogP contribution in [-0.2, 0) is 0 Å². The zero-order valence-corrected chi connectivity index (χ0v) is 8.20. The van der Waals surface area contributed by atoms with E-state index < -0.39 is 12.2 Å². The van der Waals surface area contributed by atoms with Gasteiger partial charge in [0.1, 0.15) is 0 Å². The summed E-state index contributed by atoms with van der Waals surface area (Å²) < 4.78 is 0. The molecule has 72 valence electrons. The molecule has 1 aliphatic rings. The molecule has 2 heteroatoms. The minimum atomic E-state index is -0.508. The van der Waals surface area contributed by atoms with Crippen LogP contribution in [0.1, 0.15) is 33.6 Å². The Kier molecular flexibility index (Phi) is 3.13. The second-order valence-corrected chi connectivity index (χ2v) is 4.44. The average Bonchev–Trinajstić information content (AvgIpc) is 2.00. The summed E-state index contributed by atoms with van der Waals surface area (Å²) in [6, 6.07) is 0. The van der Waals surface area contributed by atoms with Crippen LogP contribution in [0.4, 0.5) is 0 Å². The first-order valence-corrected chi connectivity index (χ1v) is 4.90.